The van der Waals surface area contributed by atoms with Gasteiger partial charge in [0.2, 0.25) is 0 Å². The van der Waals surface area contributed by atoms with Crippen molar-refractivity contribution < 1.29 is 12.8 Å². The van der Waals surface area contributed by atoms with Gasteiger partial charge in [0.05, 0.1) is 10.6 Å². The normalized spacial score (nSPS) is 12.4. The Kier molecular flexibility index (Phi) is 3.85. The van der Waals surface area contributed by atoms with Gasteiger partial charge < -0.3 is 5.73 Å². The molecular formula is C14H13FN2O2S. The van der Waals surface area contributed by atoms with Crippen molar-refractivity contribution in [3.05, 3.63) is 59.9 Å². The van der Waals surface area contributed by atoms with E-state index in [0.29, 0.717) is 11.3 Å². The fourth-order valence-electron chi connectivity index (χ4n) is 1.59. The van der Waals surface area contributed by atoms with Crippen LogP contribution in [0.4, 0.5) is 10.1 Å². The van der Waals surface area contributed by atoms with Crippen molar-refractivity contribution in [2.45, 2.75) is 4.90 Å². The van der Waals surface area contributed by atoms with Gasteiger partial charge in [-0.05, 0) is 48.5 Å². The average Bonchev–Trinajstić information content (AvgIpc) is 2.40. The minimum atomic E-state index is -3.23. The summed E-state index contributed by atoms with van der Waals surface area (Å²) in [5.41, 5.74) is 6.95. The highest BCUT2D eigenvalue weighted by Crippen LogP contribution is 2.15. The Morgan fingerprint density at radius 1 is 1.05 bits per heavy atom. The smallest absolute Gasteiger partial charge is 0.175 e. The van der Waals surface area contributed by atoms with Gasteiger partial charge >= 0.3 is 0 Å². The molecule has 0 fully saturated rings. The lowest BCUT2D eigenvalue weighted by Crippen LogP contribution is -2.12. The third-order valence-electron chi connectivity index (χ3n) is 2.65. The maximum atomic E-state index is 12.8. The number of amidine groups is 1. The van der Waals surface area contributed by atoms with Crippen molar-refractivity contribution in [2.75, 3.05) is 6.26 Å². The van der Waals surface area contributed by atoms with Crippen LogP contribution < -0.4 is 5.73 Å². The predicted molar refractivity (Wildman–Crippen MR) is 76.3 cm³/mol. The highest BCUT2D eigenvalue weighted by Gasteiger charge is 2.07. The lowest BCUT2D eigenvalue weighted by atomic mass is 10.2. The van der Waals surface area contributed by atoms with Gasteiger partial charge in [-0.25, -0.2) is 17.8 Å². The minimum Gasteiger partial charge on any atom is -0.383 e. The summed E-state index contributed by atoms with van der Waals surface area (Å²) in [5, 5.41) is 0. The highest BCUT2D eigenvalue weighted by atomic mass is 32.2. The van der Waals surface area contributed by atoms with Gasteiger partial charge in [-0.15, -0.1) is 0 Å². The van der Waals surface area contributed by atoms with Crippen LogP contribution in [0.1, 0.15) is 5.56 Å². The molecule has 20 heavy (non-hydrogen) atoms. The van der Waals surface area contributed by atoms with Crippen LogP contribution in [0.5, 0.6) is 0 Å². The van der Waals surface area contributed by atoms with Gasteiger partial charge in [-0.3, -0.25) is 0 Å². The van der Waals surface area contributed by atoms with E-state index in [1.165, 1.54) is 36.4 Å². The minimum absolute atomic E-state index is 0.218. The van der Waals surface area contributed by atoms with E-state index in [2.05, 4.69) is 4.99 Å². The van der Waals surface area contributed by atoms with Crippen molar-refractivity contribution in [1.82, 2.24) is 0 Å². The van der Waals surface area contributed by atoms with Crippen molar-refractivity contribution in [2.24, 2.45) is 10.7 Å². The molecule has 2 rings (SSSR count). The molecule has 0 unspecified atom stereocenters. The van der Waals surface area contributed by atoms with Crippen LogP contribution in [0, 0.1) is 5.82 Å². The van der Waals surface area contributed by atoms with Gasteiger partial charge in [0, 0.05) is 11.8 Å². The molecule has 6 heteroatoms. The summed E-state index contributed by atoms with van der Waals surface area (Å²) >= 11 is 0. The molecule has 104 valence electrons. The third kappa shape index (κ3) is 3.42. The fourth-order valence-corrected chi connectivity index (χ4v) is 2.22. The first-order valence-electron chi connectivity index (χ1n) is 5.76. The van der Waals surface area contributed by atoms with Crippen LogP contribution in [0.2, 0.25) is 0 Å². The molecule has 2 aromatic carbocycles. The van der Waals surface area contributed by atoms with Crippen LogP contribution in [0.25, 0.3) is 0 Å². The number of nitrogens with two attached hydrogens (primary N) is 1. The Balaban J connectivity index is 2.29. The standard InChI is InChI=1S/C14H13FN2O2S/c1-20(18,19)13-8-2-10(3-9-13)14(16)17-12-6-4-11(15)5-7-12/h2-9H,1H3,(H2,16,17). The number of hydrogen-bond acceptors (Lipinski definition) is 3. The summed E-state index contributed by atoms with van der Waals surface area (Å²) in [7, 11) is -3.23. The van der Waals surface area contributed by atoms with Crippen LogP contribution in [0.15, 0.2) is 58.4 Å². The van der Waals surface area contributed by atoms with Crippen LogP contribution in [-0.2, 0) is 9.84 Å². The first-order chi connectivity index (χ1) is 9.36. The van der Waals surface area contributed by atoms with Gasteiger partial charge in [0.1, 0.15) is 11.7 Å². The SMILES string of the molecule is CS(=O)(=O)c1ccc(C(N)=Nc2ccc(F)cc2)cc1. The van der Waals surface area contributed by atoms with Gasteiger partial charge in [0.15, 0.2) is 9.84 Å². The molecule has 2 aromatic rings. The lowest BCUT2D eigenvalue weighted by molar-refractivity contribution is 0.602. The van der Waals surface area contributed by atoms with Crippen LogP contribution >= 0.6 is 0 Å². The van der Waals surface area contributed by atoms with E-state index in [1.54, 1.807) is 12.1 Å². The molecular weight excluding hydrogens is 279 g/mol. The Morgan fingerprint density at radius 2 is 1.60 bits per heavy atom. The molecule has 0 amide bonds. The first-order valence-corrected chi connectivity index (χ1v) is 7.65. The summed E-state index contributed by atoms with van der Waals surface area (Å²) in [5.74, 6) is -0.114. The number of rotatable bonds is 3. The molecule has 0 saturated heterocycles. The second kappa shape index (κ2) is 5.42. The molecule has 4 nitrogen and oxygen atoms in total. The molecule has 0 heterocycles. The molecule has 0 aliphatic heterocycles. The van der Waals surface area contributed by atoms with Crippen molar-refractivity contribution in [3.63, 3.8) is 0 Å². The maximum absolute atomic E-state index is 12.8. The van der Waals surface area contributed by atoms with Crippen molar-refractivity contribution in [1.29, 1.82) is 0 Å². The molecule has 0 spiro atoms. The average molecular weight is 292 g/mol. The molecule has 2 N–H and O–H groups in total. The monoisotopic (exact) mass is 292 g/mol. The first kappa shape index (κ1) is 14.2. The summed E-state index contributed by atoms with van der Waals surface area (Å²) in [6.45, 7) is 0. The highest BCUT2D eigenvalue weighted by molar-refractivity contribution is 7.90. The number of aliphatic imine (C=N–C) groups is 1. The largest absolute Gasteiger partial charge is 0.383 e. The Morgan fingerprint density at radius 3 is 2.10 bits per heavy atom. The summed E-state index contributed by atoms with van der Waals surface area (Å²) < 4.78 is 35.4. The van der Waals surface area contributed by atoms with E-state index >= 15 is 0 Å². The maximum Gasteiger partial charge on any atom is 0.175 e. The quantitative estimate of drug-likeness (QED) is 0.696. The number of nitrogens with zero attached hydrogens (tertiary/aromatic N) is 1. The molecule has 0 atom stereocenters. The summed E-state index contributed by atoms with van der Waals surface area (Å²) in [6, 6.07) is 11.7. The summed E-state index contributed by atoms with van der Waals surface area (Å²) in [6.07, 6.45) is 1.14. The molecule has 0 aliphatic rings. The van der Waals surface area contributed by atoms with Gasteiger partial charge in [0.25, 0.3) is 0 Å². The topological polar surface area (TPSA) is 72.5 Å². The summed E-state index contributed by atoms with van der Waals surface area (Å²) in [4.78, 5) is 4.36. The molecule has 0 radical (unpaired) electrons. The second-order valence-corrected chi connectivity index (χ2v) is 6.29. The van der Waals surface area contributed by atoms with Crippen LogP contribution in [-0.4, -0.2) is 20.5 Å². The number of halogens is 1. The fraction of sp³-hybridized carbons (Fsp3) is 0.0714. The zero-order valence-electron chi connectivity index (χ0n) is 10.7. The van der Waals surface area contributed by atoms with E-state index in [4.69, 9.17) is 5.73 Å². The van der Waals surface area contributed by atoms with E-state index in [-0.39, 0.29) is 16.5 Å². The van der Waals surface area contributed by atoms with E-state index < -0.39 is 9.84 Å². The second-order valence-electron chi connectivity index (χ2n) is 4.27. The zero-order chi connectivity index (χ0) is 14.8. The zero-order valence-corrected chi connectivity index (χ0v) is 11.6. The van der Waals surface area contributed by atoms with Gasteiger partial charge in [-0.1, -0.05) is 0 Å². The number of hydrogen-bond donors (Lipinski definition) is 1. The predicted octanol–water partition coefficient (Wildman–Crippen LogP) is 2.27. The lowest BCUT2D eigenvalue weighted by Gasteiger charge is -2.03. The third-order valence-corrected chi connectivity index (χ3v) is 3.78. The van der Waals surface area contributed by atoms with Crippen molar-refractivity contribution in [3.8, 4) is 0 Å². The Hall–Kier alpha value is -2.21. The molecule has 0 aromatic heterocycles. The van der Waals surface area contributed by atoms with Crippen molar-refractivity contribution >= 4 is 21.4 Å². The van der Waals surface area contributed by atoms with Gasteiger partial charge in [-0.2, -0.15) is 0 Å². The van der Waals surface area contributed by atoms with E-state index in [0.717, 1.165) is 6.26 Å². The molecule has 0 saturated carbocycles. The number of benzene rings is 2. The van der Waals surface area contributed by atoms with E-state index in [9.17, 15) is 12.8 Å². The Labute approximate surface area is 116 Å². The number of sulfone groups is 1. The van der Waals surface area contributed by atoms with Crippen LogP contribution in [0.3, 0.4) is 0 Å². The molecule has 0 bridgehead atoms. The van der Waals surface area contributed by atoms with E-state index in [1.807, 2.05) is 0 Å². The molecule has 0 aliphatic carbocycles. The Bertz CT molecular complexity index is 736.